The van der Waals surface area contributed by atoms with Gasteiger partial charge in [0.05, 0.1) is 6.10 Å². The van der Waals surface area contributed by atoms with Gasteiger partial charge in [-0.3, -0.25) is 0 Å². The van der Waals surface area contributed by atoms with Gasteiger partial charge >= 0.3 is 0 Å². The molecule has 0 aliphatic carbocycles. The molecule has 0 saturated carbocycles. The van der Waals surface area contributed by atoms with E-state index in [-0.39, 0.29) is 6.10 Å². The molecule has 1 saturated heterocycles. The lowest BCUT2D eigenvalue weighted by Crippen LogP contribution is -2.38. The second-order valence-electron chi connectivity index (χ2n) is 14.0. The third-order valence-electron chi connectivity index (χ3n) is 9.60. The number of ether oxygens (including phenoxy) is 1. The van der Waals surface area contributed by atoms with Crippen LogP contribution in [-0.4, -0.2) is 41.5 Å². The van der Waals surface area contributed by atoms with Crippen LogP contribution in [0.4, 0.5) is 0 Å². The van der Waals surface area contributed by atoms with Crippen molar-refractivity contribution in [3.63, 3.8) is 0 Å². The maximum absolute atomic E-state index is 11.6. The van der Waals surface area contributed by atoms with E-state index >= 15 is 0 Å². The van der Waals surface area contributed by atoms with Gasteiger partial charge in [-0.05, 0) is 90.0 Å². The second-order valence-corrected chi connectivity index (χ2v) is 14.0. The fourth-order valence-electron chi connectivity index (χ4n) is 6.51. The number of likely N-dealkylation sites (N-methyl/N-ethyl adjacent to an activating group) is 1. The summed E-state index contributed by atoms with van der Waals surface area (Å²) >= 11 is 0. The molecule has 3 heteroatoms. The van der Waals surface area contributed by atoms with E-state index in [9.17, 15) is 5.11 Å². The number of hydrogen-bond acceptors (Lipinski definition) is 3. The van der Waals surface area contributed by atoms with Crippen molar-refractivity contribution < 1.29 is 9.84 Å². The minimum atomic E-state index is -0.932. The summed E-state index contributed by atoms with van der Waals surface area (Å²) in [5, 5.41) is 11.6. The average molecular weight is 642 g/mol. The molecular formula is C43H79NO2. The molecular weight excluding hydrogens is 562 g/mol. The Kier molecular flexibility index (Phi) is 30.2. The van der Waals surface area contributed by atoms with Crippen LogP contribution in [-0.2, 0) is 4.74 Å². The number of rotatable bonds is 33. The largest absolute Gasteiger partial charge is 0.365 e. The van der Waals surface area contributed by atoms with E-state index in [2.05, 4.69) is 74.3 Å². The molecule has 0 amide bonds. The molecule has 3 nitrogen and oxygen atoms in total. The molecule has 268 valence electrons. The zero-order valence-electron chi connectivity index (χ0n) is 31.2. The van der Waals surface area contributed by atoms with Crippen LogP contribution in [0.5, 0.6) is 0 Å². The van der Waals surface area contributed by atoms with Gasteiger partial charge in [0.25, 0.3) is 0 Å². The lowest BCUT2D eigenvalue weighted by Gasteiger charge is -2.32. The van der Waals surface area contributed by atoms with E-state index in [0.29, 0.717) is 0 Å². The van der Waals surface area contributed by atoms with Crippen LogP contribution < -0.4 is 0 Å². The van der Waals surface area contributed by atoms with Gasteiger partial charge < -0.3 is 14.7 Å². The molecule has 1 rings (SSSR count). The van der Waals surface area contributed by atoms with Crippen molar-refractivity contribution in [1.29, 1.82) is 0 Å². The molecule has 0 bridgehead atoms. The molecule has 1 N–H and O–H groups in total. The highest BCUT2D eigenvalue weighted by Gasteiger charge is 2.33. The molecule has 0 aromatic carbocycles. The van der Waals surface area contributed by atoms with Crippen molar-refractivity contribution >= 4 is 0 Å². The van der Waals surface area contributed by atoms with Crippen molar-refractivity contribution in [1.82, 2.24) is 4.90 Å². The highest BCUT2D eigenvalue weighted by Crippen LogP contribution is 2.29. The van der Waals surface area contributed by atoms with E-state index in [4.69, 9.17) is 4.74 Å². The summed E-state index contributed by atoms with van der Waals surface area (Å²) in [4.78, 5) is 2.45. The third kappa shape index (κ3) is 26.9. The Balaban J connectivity index is 2.16. The summed E-state index contributed by atoms with van der Waals surface area (Å²) in [6.07, 6.45) is 51.6. The van der Waals surface area contributed by atoms with Crippen LogP contribution in [0.1, 0.15) is 194 Å². The molecule has 1 aliphatic rings. The molecule has 1 aliphatic heterocycles. The van der Waals surface area contributed by atoms with Crippen molar-refractivity contribution in [3.05, 3.63) is 48.6 Å². The van der Waals surface area contributed by atoms with Gasteiger partial charge in [-0.1, -0.05) is 146 Å². The Morgan fingerprint density at radius 2 is 0.935 bits per heavy atom. The highest BCUT2D eigenvalue weighted by atomic mass is 16.6. The second kappa shape index (κ2) is 32.4. The molecule has 1 atom stereocenters. The molecule has 1 unspecified atom stereocenters. The normalized spacial score (nSPS) is 16.5. The fraction of sp³-hybridized carbons (Fsp3) is 0.814. The summed E-state index contributed by atoms with van der Waals surface area (Å²) in [6.45, 7) is 9.91. The topological polar surface area (TPSA) is 32.7 Å². The number of hydrogen-bond donors (Lipinski definition) is 1. The van der Waals surface area contributed by atoms with Gasteiger partial charge in [-0.25, -0.2) is 0 Å². The van der Waals surface area contributed by atoms with Gasteiger partial charge in [0.2, 0.25) is 0 Å². The molecule has 0 radical (unpaired) electrons. The van der Waals surface area contributed by atoms with Crippen molar-refractivity contribution in [2.24, 2.45) is 0 Å². The van der Waals surface area contributed by atoms with Crippen LogP contribution in [0.3, 0.4) is 0 Å². The first-order valence-electron chi connectivity index (χ1n) is 20.4. The van der Waals surface area contributed by atoms with E-state index in [1.54, 1.807) is 0 Å². The predicted molar refractivity (Wildman–Crippen MR) is 205 cm³/mol. The van der Waals surface area contributed by atoms with Crippen molar-refractivity contribution in [3.8, 4) is 0 Å². The Labute approximate surface area is 288 Å². The molecule has 1 heterocycles. The zero-order chi connectivity index (χ0) is 33.2. The molecule has 0 aromatic heterocycles. The minimum absolute atomic E-state index is 0.194. The Hall–Kier alpha value is -1.16. The van der Waals surface area contributed by atoms with Crippen LogP contribution >= 0.6 is 0 Å². The van der Waals surface area contributed by atoms with Crippen molar-refractivity contribution in [2.45, 2.75) is 206 Å². The summed E-state index contributed by atoms with van der Waals surface area (Å²) < 4.78 is 6.47. The monoisotopic (exact) mass is 642 g/mol. The molecule has 46 heavy (non-hydrogen) atoms. The maximum atomic E-state index is 11.6. The van der Waals surface area contributed by atoms with E-state index in [1.165, 1.54) is 128 Å². The van der Waals surface area contributed by atoms with Gasteiger partial charge in [-0.2, -0.15) is 0 Å². The Bertz CT molecular complexity index is 706. The first-order chi connectivity index (χ1) is 22.6. The number of unbranched alkanes of at least 4 members (excludes halogenated alkanes) is 18. The summed E-state index contributed by atoms with van der Waals surface area (Å²) in [5.41, 5.74) is 0. The minimum Gasteiger partial charge on any atom is -0.365 e. The van der Waals surface area contributed by atoms with Gasteiger partial charge in [0.15, 0.2) is 5.79 Å². The fourth-order valence-corrected chi connectivity index (χ4v) is 6.51. The van der Waals surface area contributed by atoms with Gasteiger partial charge in [0, 0.05) is 25.9 Å². The van der Waals surface area contributed by atoms with Gasteiger partial charge in [-0.15, -0.1) is 0 Å². The van der Waals surface area contributed by atoms with Crippen molar-refractivity contribution in [2.75, 3.05) is 19.6 Å². The number of aliphatic hydroxyl groups is 1. The number of likely N-dealkylation sites (tertiary alicyclic amines) is 1. The van der Waals surface area contributed by atoms with E-state index in [1.807, 2.05) is 0 Å². The Morgan fingerprint density at radius 3 is 1.33 bits per heavy atom. The van der Waals surface area contributed by atoms with Gasteiger partial charge in [0.1, 0.15) is 0 Å². The van der Waals surface area contributed by atoms with E-state index in [0.717, 1.165) is 64.6 Å². The predicted octanol–water partition coefficient (Wildman–Crippen LogP) is 13.2. The standard InChI is InChI=1S/C43H79NO2/c1-4-7-9-11-13-15-17-19-21-23-25-27-29-31-33-35-38-43(45,46-42-37-40-44(6-3)41-42)39-36-34-32-30-28-26-24-22-20-18-16-14-12-10-8-5-2/h13-16,19-22,42,45H,4-12,17-18,23-41H2,1-3H3/b15-13-,16-14-,21-19-,22-20-. The van der Waals surface area contributed by atoms with Crippen LogP contribution in [0.2, 0.25) is 0 Å². The third-order valence-corrected chi connectivity index (χ3v) is 9.60. The number of allylic oxidation sites excluding steroid dienone is 8. The maximum Gasteiger partial charge on any atom is 0.165 e. The zero-order valence-corrected chi connectivity index (χ0v) is 31.2. The van der Waals surface area contributed by atoms with Crippen LogP contribution in [0, 0.1) is 0 Å². The summed E-state index contributed by atoms with van der Waals surface area (Å²) in [7, 11) is 0. The van der Waals surface area contributed by atoms with E-state index < -0.39 is 5.79 Å². The SMILES string of the molecule is CCCCC/C=C\C/C=C\CCCCCCCCC(O)(CCCCCCCC/C=C\C/C=C\CCCCC)OC1CCN(CC)C1. The lowest BCUT2D eigenvalue weighted by atomic mass is 9.98. The molecule has 0 aromatic rings. The Morgan fingerprint density at radius 1 is 0.543 bits per heavy atom. The molecule has 1 fully saturated rings. The summed E-state index contributed by atoms with van der Waals surface area (Å²) in [6, 6.07) is 0. The quantitative estimate of drug-likeness (QED) is 0.0440. The number of nitrogens with zero attached hydrogens (tertiary/aromatic N) is 1. The molecule has 0 spiro atoms. The van der Waals surface area contributed by atoms with Crippen LogP contribution in [0.25, 0.3) is 0 Å². The van der Waals surface area contributed by atoms with Crippen LogP contribution in [0.15, 0.2) is 48.6 Å². The highest BCUT2D eigenvalue weighted by molar-refractivity contribution is 4.93. The summed E-state index contributed by atoms with van der Waals surface area (Å²) in [5.74, 6) is -0.932. The first kappa shape index (κ1) is 42.9. The lowest BCUT2D eigenvalue weighted by molar-refractivity contribution is -0.236. The average Bonchev–Trinajstić information content (AvgIpc) is 3.51. The first-order valence-corrected chi connectivity index (χ1v) is 20.4. The smallest absolute Gasteiger partial charge is 0.165 e.